The van der Waals surface area contributed by atoms with Crippen molar-refractivity contribution in [2.24, 2.45) is 7.05 Å². The minimum Gasteiger partial charge on any atom is -0.467 e. The Morgan fingerprint density at radius 3 is 2.28 bits per heavy atom. The average Bonchev–Trinajstić information content (AvgIpc) is 3.12. The van der Waals surface area contributed by atoms with E-state index in [-0.39, 0.29) is 35.6 Å². The number of amides is 1. The van der Waals surface area contributed by atoms with Gasteiger partial charge in [-0.05, 0) is 102 Å². The van der Waals surface area contributed by atoms with Crippen molar-refractivity contribution >= 4 is 11.9 Å². The lowest BCUT2D eigenvalue weighted by Crippen LogP contribution is -2.63. The Morgan fingerprint density at radius 2 is 1.70 bits per heavy atom. The van der Waals surface area contributed by atoms with Gasteiger partial charge in [0.2, 0.25) is 0 Å². The number of aromatic nitrogens is 3. The minimum atomic E-state index is -0.538. The highest BCUT2D eigenvalue weighted by Gasteiger charge is 2.59. The maximum absolute atomic E-state index is 13.3. The molecule has 43 heavy (non-hydrogen) atoms. The molecule has 230 valence electrons. The van der Waals surface area contributed by atoms with Gasteiger partial charge >= 0.3 is 6.09 Å². The molecule has 0 saturated carbocycles. The molecule has 0 radical (unpaired) electrons. The number of aryl methyl sites for hydroxylation is 1. The van der Waals surface area contributed by atoms with Crippen LogP contribution in [-0.4, -0.2) is 69.4 Å². The number of rotatable bonds is 7. The Morgan fingerprint density at radius 1 is 1.02 bits per heavy atom. The van der Waals surface area contributed by atoms with Gasteiger partial charge < -0.3 is 23.7 Å². The molecule has 0 unspecified atom stereocenters. The van der Waals surface area contributed by atoms with Crippen molar-refractivity contribution in [3.63, 3.8) is 0 Å². The first-order valence-corrected chi connectivity index (χ1v) is 14.8. The molecular weight excluding hydrogens is 546 g/mol. The van der Waals surface area contributed by atoms with Gasteiger partial charge in [0, 0.05) is 56.2 Å². The second-order valence-corrected chi connectivity index (χ2v) is 13.4. The number of nitrogens with zero attached hydrogens (tertiary/aromatic N) is 5. The van der Waals surface area contributed by atoms with Gasteiger partial charge in [0.15, 0.2) is 12.6 Å². The fourth-order valence-electron chi connectivity index (χ4n) is 6.64. The summed E-state index contributed by atoms with van der Waals surface area (Å²) in [5.74, 6) is 1.35. The first-order chi connectivity index (χ1) is 20.2. The first-order valence-electron chi connectivity index (χ1n) is 14.8. The Bertz CT molecular complexity index is 1530. The van der Waals surface area contributed by atoms with E-state index in [0.29, 0.717) is 11.4 Å². The van der Waals surface area contributed by atoms with Crippen LogP contribution in [0.15, 0.2) is 53.5 Å². The van der Waals surface area contributed by atoms with Crippen molar-refractivity contribution in [3.8, 4) is 28.1 Å². The van der Waals surface area contributed by atoms with E-state index >= 15 is 0 Å². The molecule has 2 saturated heterocycles. The molecule has 0 aliphatic carbocycles. The molecule has 2 atom stereocenters. The Hall–Kier alpha value is -3.92. The molecule has 1 amide bonds. The van der Waals surface area contributed by atoms with E-state index in [0.717, 1.165) is 48.2 Å². The molecule has 10 nitrogen and oxygen atoms in total. The van der Waals surface area contributed by atoms with Gasteiger partial charge in [-0.15, -0.1) is 10.2 Å². The topological polar surface area (TPSA) is 99.0 Å². The maximum Gasteiger partial charge on any atom is 0.411 e. The second kappa shape index (κ2) is 11.3. The number of ether oxygens (including phenoxy) is 3. The zero-order valence-electron chi connectivity index (χ0n) is 26.5. The highest BCUT2D eigenvalue weighted by molar-refractivity contribution is 5.75. The third-order valence-electron chi connectivity index (χ3n) is 8.80. The summed E-state index contributed by atoms with van der Waals surface area (Å²) in [4.78, 5) is 29.6. The summed E-state index contributed by atoms with van der Waals surface area (Å²) in [6, 6.07) is 13.4. The summed E-state index contributed by atoms with van der Waals surface area (Å²) >= 11 is 0. The number of fused-ring (bicyclic) bond motifs is 2. The predicted molar refractivity (Wildman–Crippen MR) is 166 cm³/mol. The zero-order valence-corrected chi connectivity index (χ0v) is 26.5. The smallest absolute Gasteiger partial charge is 0.411 e. The fourth-order valence-corrected chi connectivity index (χ4v) is 6.64. The number of anilines is 1. The van der Waals surface area contributed by atoms with Crippen LogP contribution in [0.2, 0.25) is 0 Å². The van der Waals surface area contributed by atoms with Crippen LogP contribution in [-0.2, 0) is 16.5 Å². The van der Waals surface area contributed by atoms with E-state index < -0.39 is 5.60 Å². The van der Waals surface area contributed by atoms with Crippen LogP contribution in [0.3, 0.4) is 0 Å². The number of piperidine rings is 1. The standard InChI is InChI=1S/C33H43N5O5/c1-31(2,3)43-30(40)38-32(4)14-15-33(38,5)20-24(19-32)37(7)28-12-11-26(34-35-28)25-10-9-22(17-27(25)42-21-41-8)23-13-16-36(6)29(39)18-23/h9-13,16-18,24H,14-15,19-21H2,1-8H3/t32-,33-/m0/s1. The minimum absolute atomic E-state index is 0.0702. The highest BCUT2D eigenvalue weighted by atomic mass is 16.7. The van der Waals surface area contributed by atoms with Crippen molar-refractivity contribution in [2.75, 3.05) is 25.9 Å². The third kappa shape index (κ3) is 6.11. The third-order valence-corrected chi connectivity index (χ3v) is 8.80. The summed E-state index contributed by atoms with van der Waals surface area (Å²) in [6.45, 7) is 10.2. The summed E-state index contributed by atoms with van der Waals surface area (Å²) in [5, 5.41) is 9.19. The van der Waals surface area contributed by atoms with Gasteiger partial charge in [0.05, 0.1) is 5.69 Å². The fraction of sp³-hybridized carbons (Fsp3) is 0.515. The highest BCUT2D eigenvalue weighted by Crippen LogP contribution is 2.52. The number of hydrogen-bond acceptors (Lipinski definition) is 8. The molecule has 2 bridgehead atoms. The lowest BCUT2D eigenvalue weighted by atomic mass is 9.82. The Labute approximate surface area is 253 Å². The molecule has 0 N–H and O–H groups in total. The largest absolute Gasteiger partial charge is 0.467 e. The van der Waals surface area contributed by atoms with E-state index in [9.17, 15) is 9.59 Å². The van der Waals surface area contributed by atoms with E-state index in [2.05, 4.69) is 36.0 Å². The monoisotopic (exact) mass is 589 g/mol. The van der Waals surface area contributed by atoms with Gasteiger partial charge in [-0.2, -0.15) is 0 Å². The summed E-state index contributed by atoms with van der Waals surface area (Å²) in [5.41, 5.74) is 1.88. The lowest BCUT2D eigenvalue weighted by Gasteiger charge is -2.52. The second-order valence-electron chi connectivity index (χ2n) is 13.4. The number of pyridine rings is 1. The van der Waals surface area contributed by atoms with Crippen LogP contribution < -0.4 is 15.2 Å². The number of carbonyl (C=O) groups excluding carboxylic acids is 1. The van der Waals surface area contributed by atoms with Crippen molar-refractivity contribution < 1.29 is 19.0 Å². The average molecular weight is 590 g/mol. The van der Waals surface area contributed by atoms with E-state index in [1.807, 2.05) is 62.1 Å². The molecule has 2 aromatic heterocycles. The van der Waals surface area contributed by atoms with Gasteiger partial charge in [0.1, 0.15) is 11.4 Å². The maximum atomic E-state index is 13.3. The molecule has 3 aromatic rings. The van der Waals surface area contributed by atoms with Crippen LogP contribution in [0.5, 0.6) is 5.75 Å². The van der Waals surface area contributed by atoms with Gasteiger partial charge in [-0.1, -0.05) is 6.07 Å². The summed E-state index contributed by atoms with van der Waals surface area (Å²) in [7, 11) is 5.34. The van der Waals surface area contributed by atoms with Gasteiger partial charge in [-0.25, -0.2) is 4.79 Å². The molecule has 2 fully saturated rings. The molecule has 10 heteroatoms. The van der Waals surface area contributed by atoms with Crippen molar-refractivity contribution in [1.29, 1.82) is 0 Å². The van der Waals surface area contributed by atoms with Crippen LogP contribution in [0.25, 0.3) is 22.4 Å². The van der Waals surface area contributed by atoms with Crippen LogP contribution in [0.1, 0.15) is 60.3 Å². The van der Waals surface area contributed by atoms with Gasteiger partial charge in [-0.3, -0.25) is 9.69 Å². The molecule has 2 aliphatic rings. The number of carbonyl (C=O) groups is 1. The molecule has 0 spiro atoms. The Kier molecular flexibility index (Phi) is 8.02. The molecule has 2 aliphatic heterocycles. The van der Waals surface area contributed by atoms with E-state index in [4.69, 9.17) is 14.2 Å². The van der Waals surface area contributed by atoms with Gasteiger partial charge in [0.25, 0.3) is 5.56 Å². The summed E-state index contributed by atoms with van der Waals surface area (Å²) < 4.78 is 18.4. The lowest BCUT2D eigenvalue weighted by molar-refractivity contribution is -0.0357. The number of benzene rings is 1. The van der Waals surface area contributed by atoms with Crippen molar-refractivity contribution in [1.82, 2.24) is 19.7 Å². The quantitative estimate of drug-likeness (QED) is 0.327. The van der Waals surface area contributed by atoms with Crippen LogP contribution in [0, 0.1) is 0 Å². The van der Waals surface area contributed by atoms with E-state index in [1.54, 1.807) is 26.4 Å². The molecule has 1 aromatic carbocycles. The SMILES string of the molecule is COCOc1cc(-c2ccn(C)c(=O)c2)ccc1-c1ccc(N(C)C2C[C@]3(C)CC[C@@](C)(C2)N3C(=O)OC(C)(C)C)nn1. The number of methoxy groups -OCH3 is 1. The Balaban J connectivity index is 1.37. The van der Waals surface area contributed by atoms with E-state index in [1.165, 1.54) is 4.57 Å². The molecular formula is C33H43N5O5. The van der Waals surface area contributed by atoms with Crippen molar-refractivity contribution in [2.45, 2.75) is 83.0 Å². The van der Waals surface area contributed by atoms with Crippen molar-refractivity contribution in [3.05, 3.63) is 59.0 Å². The first kappa shape index (κ1) is 30.5. The molecule has 5 rings (SSSR count). The normalized spacial score (nSPS) is 23.3. The molecule has 4 heterocycles. The zero-order chi connectivity index (χ0) is 31.2. The number of hydrogen-bond donors (Lipinski definition) is 0. The summed E-state index contributed by atoms with van der Waals surface area (Å²) in [6.07, 6.45) is 5.04. The predicted octanol–water partition coefficient (Wildman–Crippen LogP) is 5.64. The van der Waals surface area contributed by atoms with Crippen LogP contribution in [0.4, 0.5) is 10.6 Å². The van der Waals surface area contributed by atoms with Crippen LogP contribution >= 0.6 is 0 Å².